The summed E-state index contributed by atoms with van der Waals surface area (Å²) in [4.78, 5) is 13.2. The molecular weight excluding hydrogens is 295 g/mol. The molecule has 0 bridgehead atoms. The predicted octanol–water partition coefficient (Wildman–Crippen LogP) is 2.23. The largest absolute Gasteiger partial charge is 0.392 e. The summed E-state index contributed by atoms with van der Waals surface area (Å²) in [6.07, 6.45) is 0.163. The Bertz CT molecular complexity index is 702. The van der Waals surface area contributed by atoms with Gasteiger partial charge >= 0.3 is 0 Å². The number of carbonyl (C=O) groups excluding carboxylic acids is 1. The first-order chi connectivity index (χ1) is 11.0. The van der Waals surface area contributed by atoms with E-state index in [-0.39, 0.29) is 11.9 Å². The van der Waals surface area contributed by atoms with Crippen LogP contribution in [0.25, 0.3) is 0 Å². The van der Waals surface area contributed by atoms with E-state index in [0.29, 0.717) is 25.1 Å². The van der Waals surface area contributed by atoms with Gasteiger partial charge in [0.05, 0.1) is 6.10 Å². The third-order valence-corrected chi connectivity index (χ3v) is 4.24. The van der Waals surface area contributed by atoms with Gasteiger partial charge in [0.2, 0.25) is 5.91 Å². The zero-order valence-electron chi connectivity index (χ0n) is 12.7. The Morgan fingerprint density at radius 1 is 1.26 bits per heavy atom. The summed E-state index contributed by atoms with van der Waals surface area (Å²) in [6.45, 7) is 1.16. The lowest BCUT2D eigenvalue weighted by molar-refractivity contribution is 0.1000. The number of hydrogen-bond donors (Lipinski definition) is 2. The van der Waals surface area contributed by atoms with Crippen LogP contribution in [0.3, 0.4) is 0 Å². The van der Waals surface area contributed by atoms with Crippen LogP contribution >= 0.6 is 0 Å². The van der Waals surface area contributed by atoms with E-state index < -0.39 is 12.0 Å². The van der Waals surface area contributed by atoms with Crippen LogP contribution in [0.2, 0.25) is 0 Å². The molecular formula is C18H19FN2O2. The highest BCUT2D eigenvalue weighted by Crippen LogP contribution is 2.33. The molecule has 23 heavy (non-hydrogen) atoms. The second-order valence-corrected chi connectivity index (χ2v) is 5.95. The molecule has 0 aliphatic carbocycles. The number of aliphatic hydroxyl groups is 1. The minimum absolute atomic E-state index is 0.0171. The first kappa shape index (κ1) is 15.6. The molecule has 2 aromatic rings. The average Bonchev–Trinajstić information content (AvgIpc) is 2.88. The number of nitrogens with zero attached hydrogens (tertiary/aromatic N) is 1. The van der Waals surface area contributed by atoms with Gasteiger partial charge in [0.25, 0.3) is 0 Å². The first-order valence-corrected chi connectivity index (χ1v) is 7.59. The van der Waals surface area contributed by atoms with E-state index in [0.717, 1.165) is 11.1 Å². The van der Waals surface area contributed by atoms with Crippen molar-refractivity contribution >= 4 is 5.91 Å². The molecule has 0 aromatic heterocycles. The van der Waals surface area contributed by atoms with E-state index >= 15 is 0 Å². The Morgan fingerprint density at radius 3 is 2.65 bits per heavy atom. The van der Waals surface area contributed by atoms with Gasteiger partial charge in [-0.2, -0.15) is 0 Å². The van der Waals surface area contributed by atoms with Crippen molar-refractivity contribution in [1.82, 2.24) is 4.90 Å². The van der Waals surface area contributed by atoms with Gasteiger partial charge in [0.15, 0.2) is 0 Å². The van der Waals surface area contributed by atoms with Crippen LogP contribution in [0.4, 0.5) is 4.39 Å². The van der Waals surface area contributed by atoms with Gasteiger partial charge in [-0.15, -0.1) is 0 Å². The summed E-state index contributed by atoms with van der Waals surface area (Å²) in [7, 11) is 0. The van der Waals surface area contributed by atoms with Crippen molar-refractivity contribution in [2.24, 2.45) is 5.73 Å². The molecule has 0 unspecified atom stereocenters. The van der Waals surface area contributed by atoms with Gasteiger partial charge in [0.1, 0.15) is 5.82 Å². The van der Waals surface area contributed by atoms with Crippen LogP contribution in [0.15, 0.2) is 48.5 Å². The minimum atomic E-state index is -0.453. The van der Waals surface area contributed by atoms with Gasteiger partial charge in [-0.3, -0.25) is 9.69 Å². The second-order valence-electron chi connectivity index (χ2n) is 5.95. The van der Waals surface area contributed by atoms with Crippen LogP contribution in [0, 0.1) is 5.82 Å². The third kappa shape index (κ3) is 3.57. The quantitative estimate of drug-likeness (QED) is 0.909. The number of hydrogen-bond acceptors (Lipinski definition) is 3. The SMILES string of the molecule is NC(=O)c1ccc(CN2C[C@@H](O)C[C@H]2c2cccc(F)c2)cc1. The molecule has 2 atom stereocenters. The molecule has 3 N–H and O–H groups in total. The third-order valence-electron chi connectivity index (χ3n) is 4.24. The molecule has 0 radical (unpaired) electrons. The number of nitrogens with two attached hydrogens (primary N) is 1. The standard InChI is InChI=1S/C18H19FN2O2/c19-15-3-1-2-14(8-15)17-9-16(22)11-21(17)10-12-4-6-13(7-5-12)18(20)23/h1-8,16-17,22H,9-11H2,(H2,20,23)/t16-,17-/m0/s1. The number of likely N-dealkylation sites (tertiary alicyclic amines) is 1. The highest BCUT2D eigenvalue weighted by molar-refractivity contribution is 5.92. The number of amides is 1. The van der Waals surface area contributed by atoms with Crippen molar-refractivity contribution in [2.75, 3.05) is 6.54 Å². The second kappa shape index (κ2) is 6.48. The lowest BCUT2D eigenvalue weighted by Gasteiger charge is -2.24. The maximum absolute atomic E-state index is 13.5. The minimum Gasteiger partial charge on any atom is -0.392 e. The van der Waals surface area contributed by atoms with Gasteiger partial charge < -0.3 is 10.8 Å². The fourth-order valence-electron chi connectivity index (χ4n) is 3.12. The molecule has 1 aliphatic rings. The number of rotatable bonds is 4. The van der Waals surface area contributed by atoms with Gasteiger partial charge in [-0.1, -0.05) is 24.3 Å². The smallest absolute Gasteiger partial charge is 0.248 e. The van der Waals surface area contributed by atoms with E-state index in [1.54, 1.807) is 18.2 Å². The number of β-amino-alcohol motifs (C(OH)–C–C–N with tert-alkyl or cyclic N) is 1. The fourth-order valence-corrected chi connectivity index (χ4v) is 3.12. The van der Waals surface area contributed by atoms with Gasteiger partial charge in [0, 0.05) is 24.7 Å². The van der Waals surface area contributed by atoms with Crippen molar-refractivity contribution < 1.29 is 14.3 Å². The molecule has 1 saturated heterocycles. The predicted molar refractivity (Wildman–Crippen MR) is 85.1 cm³/mol. The summed E-state index contributed by atoms with van der Waals surface area (Å²) < 4.78 is 13.5. The summed E-state index contributed by atoms with van der Waals surface area (Å²) in [5.74, 6) is -0.722. The van der Waals surface area contributed by atoms with Crippen LogP contribution in [-0.2, 0) is 6.54 Å². The number of benzene rings is 2. The van der Waals surface area contributed by atoms with E-state index in [9.17, 15) is 14.3 Å². The zero-order chi connectivity index (χ0) is 16.4. The topological polar surface area (TPSA) is 66.6 Å². The summed E-state index contributed by atoms with van der Waals surface area (Å²) in [6, 6.07) is 13.6. The molecule has 1 amide bonds. The summed E-state index contributed by atoms with van der Waals surface area (Å²) in [5, 5.41) is 10.00. The summed E-state index contributed by atoms with van der Waals surface area (Å²) in [5.41, 5.74) is 7.60. The Labute approximate surface area is 134 Å². The van der Waals surface area contributed by atoms with Crippen molar-refractivity contribution in [2.45, 2.75) is 25.1 Å². The van der Waals surface area contributed by atoms with E-state index in [1.165, 1.54) is 12.1 Å². The fraction of sp³-hybridized carbons (Fsp3) is 0.278. The van der Waals surface area contributed by atoms with Crippen LogP contribution in [0.1, 0.15) is 33.9 Å². The van der Waals surface area contributed by atoms with E-state index in [2.05, 4.69) is 4.90 Å². The average molecular weight is 314 g/mol. The highest BCUT2D eigenvalue weighted by atomic mass is 19.1. The number of halogens is 1. The number of carbonyl (C=O) groups is 1. The molecule has 3 rings (SSSR count). The van der Waals surface area contributed by atoms with Gasteiger partial charge in [-0.05, 0) is 41.8 Å². The van der Waals surface area contributed by atoms with Crippen molar-refractivity contribution in [3.05, 3.63) is 71.0 Å². The monoisotopic (exact) mass is 314 g/mol. The van der Waals surface area contributed by atoms with E-state index in [1.807, 2.05) is 18.2 Å². The van der Waals surface area contributed by atoms with Crippen molar-refractivity contribution in [3.8, 4) is 0 Å². The molecule has 2 aromatic carbocycles. The molecule has 4 nitrogen and oxygen atoms in total. The molecule has 5 heteroatoms. The van der Waals surface area contributed by atoms with Crippen molar-refractivity contribution in [3.63, 3.8) is 0 Å². The zero-order valence-corrected chi connectivity index (χ0v) is 12.7. The lowest BCUT2D eigenvalue weighted by Crippen LogP contribution is -2.24. The number of aliphatic hydroxyl groups excluding tert-OH is 1. The summed E-state index contributed by atoms with van der Waals surface area (Å²) >= 11 is 0. The van der Waals surface area contributed by atoms with Crippen LogP contribution in [0.5, 0.6) is 0 Å². The maximum Gasteiger partial charge on any atom is 0.248 e. The molecule has 0 spiro atoms. The number of primary amides is 1. The van der Waals surface area contributed by atoms with E-state index in [4.69, 9.17) is 5.73 Å². The Balaban J connectivity index is 1.78. The first-order valence-electron chi connectivity index (χ1n) is 7.59. The molecule has 1 aliphatic heterocycles. The Hall–Kier alpha value is -2.24. The Kier molecular flexibility index (Phi) is 4.41. The lowest BCUT2D eigenvalue weighted by atomic mass is 10.0. The molecule has 0 saturated carbocycles. The normalized spacial score (nSPS) is 21.5. The Morgan fingerprint density at radius 2 is 2.00 bits per heavy atom. The molecule has 1 fully saturated rings. The molecule has 1 heterocycles. The van der Waals surface area contributed by atoms with Crippen molar-refractivity contribution in [1.29, 1.82) is 0 Å². The van der Waals surface area contributed by atoms with Crippen LogP contribution < -0.4 is 5.73 Å². The molecule has 120 valence electrons. The van der Waals surface area contributed by atoms with Crippen LogP contribution in [-0.4, -0.2) is 28.6 Å². The highest BCUT2D eigenvalue weighted by Gasteiger charge is 2.32. The van der Waals surface area contributed by atoms with Gasteiger partial charge in [-0.25, -0.2) is 4.39 Å². The maximum atomic E-state index is 13.5.